The van der Waals surface area contributed by atoms with E-state index in [1.165, 1.54) is 57.7 Å². The lowest BCUT2D eigenvalue weighted by molar-refractivity contribution is 0.104. The van der Waals surface area contributed by atoms with Crippen molar-refractivity contribution in [3.8, 4) is 28.7 Å². The molecule has 0 aliphatic carbocycles. The number of phenolic OH excluding ortho intramolecular Hbond substituents is 2. The van der Waals surface area contributed by atoms with Crippen LogP contribution in [0.4, 0.5) is 0 Å². The van der Waals surface area contributed by atoms with Crippen molar-refractivity contribution >= 4 is 11.9 Å². The van der Waals surface area contributed by atoms with Gasteiger partial charge in [0.2, 0.25) is 0 Å². The van der Waals surface area contributed by atoms with E-state index >= 15 is 0 Å². The Labute approximate surface area is 139 Å². The second-order valence-electron chi connectivity index (χ2n) is 4.85. The minimum Gasteiger partial charge on any atom is -0.508 e. The highest BCUT2D eigenvalue weighted by Crippen LogP contribution is 2.35. The third-order valence-corrected chi connectivity index (χ3v) is 3.40. The first kappa shape index (κ1) is 17.2. The lowest BCUT2D eigenvalue weighted by Gasteiger charge is -2.12. The first-order valence-electron chi connectivity index (χ1n) is 7.04. The highest BCUT2D eigenvalue weighted by molar-refractivity contribution is 6.09. The van der Waals surface area contributed by atoms with E-state index in [0.29, 0.717) is 22.8 Å². The van der Waals surface area contributed by atoms with Crippen LogP contribution < -0.4 is 14.2 Å². The third kappa shape index (κ3) is 3.60. The van der Waals surface area contributed by atoms with E-state index in [1.807, 2.05) is 0 Å². The van der Waals surface area contributed by atoms with Crippen molar-refractivity contribution in [1.29, 1.82) is 0 Å². The van der Waals surface area contributed by atoms with Gasteiger partial charge < -0.3 is 24.4 Å². The predicted octanol–water partition coefficient (Wildman–Crippen LogP) is 3.02. The number of ether oxygens (including phenoxy) is 3. The second kappa shape index (κ2) is 7.41. The van der Waals surface area contributed by atoms with Crippen molar-refractivity contribution in [3.05, 3.63) is 47.5 Å². The molecule has 0 bridgehead atoms. The molecule has 6 heteroatoms. The lowest BCUT2D eigenvalue weighted by atomic mass is 10.1. The summed E-state index contributed by atoms with van der Waals surface area (Å²) in [6, 6.07) is 7.13. The van der Waals surface area contributed by atoms with Crippen molar-refractivity contribution < 1.29 is 29.2 Å². The Bertz CT molecular complexity index is 779. The zero-order chi connectivity index (χ0) is 17.7. The van der Waals surface area contributed by atoms with Crippen LogP contribution in [-0.4, -0.2) is 37.3 Å². The van der Waals surface area contributed by atoms with E-state index < -0.39 is 0 Å². The maximum atomic E-state index is 12.5. The summed E-state index contributed by atoms with van der Waals surface area (Å²) in [4.78, 5) is 12.5. The molecule has 0 amide bonds. The Hall–Kier alpha value is -3.15. The molecular formula is C18H18O6. The van der Waals surface area contributed by atoms with Gasteiger partial charge in [-0.15, -0.1) is 0 Å². The van der Waals surface area contributed by atoms with Crippen LogP contribution in [0.1, 0.15) is 15.9 Å². The van der Waals surface area contributed by atoms with Crippen LogP contribution in [0, 0.1) is 0 Å². The molecule has 0 unspecified atom stereocenters. The van der Waals surface area contributed by atoms with Gasteiger partial charge in [0.05, 0.1) is 26.9 Å². The second-order valence-corrected chi connectivity index (χ2v) is 4.85. The average molecular weight is 330 g/mol. The molecule has 0 aliphatic rings. The highest BCUT2D eigenvalue weighted by atomic mass is 16.5. The Kier molecular flexibility index (Phi) is 5.31. The quantitative estimate of drug-likeness (QED) is 0.481. The van der Waals surface area contributed by atoms with Gasteiger partial charge in [0.25, 0.3) is 0 Å². The SMILES string of the molecule is COc1cc(OC)c(C(=O)/C=C/c2cc(O)ccc2O)cc1OC. The molecule has 24 heavy (non-hydrogen) atoms. The highest BCUT2D eigenvalue weighted by Gasteiger charge is 2.16. The minimum absolute atomic E-state index is 0.0106. The smallest absolute Gasteiger partial charge is 0.189 e. The van der Waals surface area contributed by atoms with Crippen LogP contribution in [-0.2, 0) is 0 Å². The molecule has 0 atom stereocenters. The van der Waals surface area contributed by atoms with Crippen LogP contribution in [0.2, 0.25) is 0 Å². The Balaban J connectivity index is 2.38. The molecule has 126 valence electrons. The molecule has 0 fully saturated rings. The summed E-state index contributed by atoms with van der Waals surface area (Å²) < 4.78 is 15.6. The number of phenols is 2. The van der Waals surface area contributed by atoms with Crippen LogP contribution in [0.3, 0.4) is 0 Å². The standard InChI is InChI=1S/C18H18O6/c1-22-16-10-18(24-3)17(23-2)9-13(16)15(21)6-4-11-8-12(19)5-7-14(11)20/h4-10,19-20H,1-3H3/b6-4+. The fourth-order valence-electron chi connectivity index (χ4n) is 2.15. The number of ketones is 1. The fourth-order valence-corrected chi connectivity index (χ4v) is 2.15. The van der Waals surface area contributed by atoms with Gasteiger partial charge in [-0.1, -0.05) is 0 Å². The minimum atomic E-state index is -0.351. The number of methoxy groups -OCH3 is 3. The average Bonchev–Trinajstić information content (AvgIpc) is 2.60. The van der Waals surface area contributed by atoms with Crippen LogP contribution in [0.25, 0.3) is 6.08 Å². The number of hydrogen-bond acceptors (Lipinski definition) is 6. The summed E-state index contributed by atoms with van der Waals surface area (Å²) in [6.45, 7) is 0. The number of hydrogen-bond donors (Lipinski definition) is 2. The molecule has 2 aromatic carbocycles. The van der Waals surface area contributed by atoms with Crippen LogP contribution in [0.15, 0.2) is 36.4 Å². The van der Waals surface area contributed by atoms with Gasteiger partial charge in [-0.25, -0.2) is 0 Å². The van der Waals surface area contributed by atoms with Gasteiger partial charge in [-0.2, -0.15) is 0 Å². The summed E-state index contributed by atoms with van der Waals surface area (Å²) in [7, 11) is 4.41. The van der Waals surface area contributed by atoms with Crippen molar-refractivity contribution in [2.24, 2.45) is 0 Å². The summed E-state index contributed by atoms with van der Waals surface area (Å²) in [5.41, 5.74) is 0.605. The van der Waals surface area contributed by atoms with E-state index in [0.717, 1.165) is 0 Å². The maximum absolute atomic E-state index is 12.5. The van der Waals surface area contributed by atoms with Crippen molar-refractivity contribution in [2.75, 3.05) is 21.3 Å². The molecule has 0 saturated carbocycles. The molecule has 2 rings (SSSR count). The molecule has 6 nitrogen and oxygen atoms in total. The van der Waals surface area contributed by atoms with Crippen LogP contribution in [0.5, 0.6) is 28.7 Å². The number of aromatic hydroxyl groups is 2. The number of benzene rings is 2. The largest absolute Gasteiger partial charge is 0.508 e. The monoisotopic (exact) mass is 330 g/mol. The summed E-state index contributed by atoms with van der Waals surface area (Å²) in [5.74, 6) is 0.772. The number of allylic oxidation sites excluding steroid dienone is 1. The normalized spacial score (nSPS) is 10.6. The molecule has 0 aromatic heterocycles. The number of carbonyl (C=O) groups is 1. The fraction of sp³-hybridized carbons (Fsp3) is 0.167. The van der Waals surface area contributed by atoms with E-state index in [1.54, 1.807) is 6.07 Å². The van der Waals surface area contributed by atoms with E-state index in [4.69, 9.17) is 14.2 Å². The van der Waals surface area contributed by atoms with Gasteiger partial charge in [0.1, 0.15) is 17.2 Å². The molecule has 0 radical (unpaired) electrons. The molecule has 0 heterocycles. The molecule has 0 aliphatic heterocycles. The van der Waals surface area contributed by atoms with Crippen molar-refractivity contribution in [3.63, 3.8) is 0 Å². The number of rotatable bonds is 6. The molecule has 0 spiro atoms. The molecular weight excluding hydrogens is 312 g/mol. The van der Waals surface area contributed by atoms with Gasteiger partial charge in [-0.3, -0.25) is 4.79 Å². The zero-order valence-corrected chi connectivity index (χ0v) is 13.6. The Morgan fingerprint density at radius 1 is 0.917 bits per heavy atom. The van der Waals surface area contributed by atoms with E-state index in [2.05, 4.69) is 0 Å². The topological polar surface area (TPSA) is 85.2 Å². The van der Waals surface area contributed by atoms with Gasteiger partial charge in [0, 0.05) is 11.6 Å². The van der Waals surface area contributed by atoms with Gasteiger partial charge in [0.15, 0.2) is 17.3 Å². The molecule has 2 aromatic rings. The molecule has 0 saturated heterocycles. The first-order valence-corrected chi connectivity index (χ1v) is 7.04. The maximum Gasteiger partial charge on any atom is 0.189 e. The van der Waals surface area contributed by atoms with Gasteiger partial charge in [-0.05, 0) is 36.4 Å². The summed E-state index contributed by atoms with van der Waals surface area (Å²) >= 11 is 0. The third-order valence-electron chi connectivity index (χ3n) is 3.40. The van der Waals surface area contributed by atoms with Crippen molar-refractivity contribution in [1.82, 2.24) is 0 Å². The molecule has 2 N–H and O–H groups in total. The Morgan fingerprint density at radius 2 is 1.54 bits per heavy atom. The van der Waals surface area contributed by atoms with E-state index in [-0.39, 0.29) is 22.8 Å². The van der Waals surface area contributed by atoms with Crippen molar-refractivity contribution in [2.45, 2.75) is 0 Å². The van der Waals surface area contributed by atoms with Gasteiger partial charge >= 0.3 is 0 Å². The summed E-state index contributed by atoms with van der Waals surface area (Å²) in [5, 5.41) is 19.2. The van der Waals surface area contributed by atoms with E-state index in [9.17, 15) is 15.0 Å². The predicted molar refractivity (Wildman–Crippen MR) is 89.2 cm³/mol. The lowest BCUT2D eigenvalue weighted by Crippen LogP contribution is -2.01. The Morgan fingerprint density at radius 3 is 2.17 bits per heavy atom. The zero-order valence-electron chi connectivity index (χ0n) is 13.6. The number of carbonyl (C=O) groups excluding carboxylic acids is 1. The first-order chi connectivity index (χ1) is 11.5. The van der Waals surface area contributed by atoms with Crippen LogP contribution >= 0.6 is 0 Å². The summed E-state index contributed by atoms with van der Waals surface area (Å²) in [6.07, 6.45) is 2.69.